The van der Waals surface area contributed by atoms with E-state index in [9.17, 15) is 23.9 Å². The number of esters is 1. The van der Waals surface area contributed by atoms with E-state index in [0.717, 1.165) is 12.8 Å². The molecular formula is C30H39F3O8. The molecule has 11 heteroatoms. The molecule has 3 saturated carbocycles. The van der Waals surface area contributed by atoms with Crippen molar-refractivity contribution < 1.29 is 51.6 Å². The molecule has 1 N–H and O–H groups in total. The Morgan fingerprint density at radius 2 is 1.83 bits per heavy atom. The number of hydrogen-bond acceptors (Lipinski definition) is 8. The van der Waals surface area contributed by atoms with E-state index < -0.39 is 83.3 Å². The van der Waals surface area contributed by atoms with Crippen LogP contribution in [-0.4, -0.2) is 66.6 Å². The maximum absolute atomic E-state index is 17.5. The SMILES string of the molecule is CO[C@H]1CCCC[C@@H]1OC(=O)O[C@]1(C(=O)OCF)[C@H](C)C[C@H]2[C@@H]3CC(F)=C4CC(=O)C=C[C@]4(C)[C@@]3(F)[C@@H](O)C[C@@]21C. The van der Waals surface area contributed by atoms with Gasteiger partial charge in [-0.15, -0.1) is 0 Å². The Bertz CT molecular complexity index is 1170. The third-order valence-corrected chi connectivity index (χ3v) is 11.1. The summed E-state index contributed by atoms with van der Waals surface area (Å²) in [5, 5.41) is 11.6. The Kier molecular flexibility index (Phi) is 7.63. The Morgan fingerprint density at radius 1 is 1.15 bits per heavy atom. The monoisotopic (exact) mass is 584 g/mol. The first-order chi connectivity index (χ1) is 19.3. The number of aliphatic hydroxyl groups excluding tert-OH is 1. The fraction of sp³-hybridized carbons (Fsp3) is 0.767. The zero-order valence-electron chi connectivity index (χ0n) is 23.9. The lowest BCUT2D eigenvalue weighted by molar-refractivity contribution is -0.231. The fourth-order valence-corrected chi connectivity index (χ4v) is 9.09. The van der Waals surface area contributed by atoms with Crippen molar-refractivity contribution >= 4 is 17.9 Å². The lowest BCUT2D eigenvalue weighted by Gasteiger charge is -2.62. The summed E-state index contributed by atoms with van der Waals surface area (Å²) in [4.78, 5) is 39.0. The maximum atomic E-state index is 17.5. The molecule has 41 heavy (non-hydrogen) atoms. The van der Waals surface area contributed by atoms with Crippen LogP contribution in [0.15, 0.2) is 23.6 Å². The van der Waals surface area contributed by atoms with Crippen molar-refractivity contribution in [3.8, 4) is 0 Å². The molecule has 5 aliphatic rings. The van der Waals surface area contributed by atoms with E-state index in [4.69, 9.17) is 18.9 Å². The molecule has 0 saturated heterocycles. The Hall–Kier alpha value is -2.40. The van der Waals surface area contributed by atoms with E-state index >= 15 is 8.78 Å². The molecule has 5 rings (SSSR count). The van der Waals surface area contributed by atoms with Crippen LogP contribution in [0.25, 0.3) is 0 Å². The molecule has 5 aliphatic carbocycles. The molecule has 0 aliphatic heterocycles. The van der Waals surface area contributed by atoms with Crippen LogP contribution in [0, 0.1) is 28.6 Å². The molecule has 3 fully saturated rings. The van der Waals surface area contributed by atoms with Crippen LogP contribution in [0.5, 0.6) is 0 Å². The molecular weight excluding hydrogens is 545 g/mol. The number of ether oxygens (including phenoxy) is 4. The zero-order chi connectivity index (χ0) is 30.0. The number of methoxy groups -OCH3 is 1. The van der Waals surface area contributed by atoms with Gasteiger partial charge in [-0.2, -0.15) is 0 Å². The molecule has 0 heterocycles. The van der Waals surface area contributed by atoms with Crippen molar-refractivity contribution in [2.45, 2.75) is 102 Å². The molecule has 0 radical (unpaired) electrons. The summed E-state index contributed by atoms with van der Waals surface area (Å²) in [6.07, 6.45) is 0.624. The first kappa shape index (κ1) is 30.1. The minimum atomic E-state index is -2.38. The average molecular weight is 585 g/mol. The summed E-state index contributed by atoms with van der Waals surface area (Å²) in [6.45, 7) is 3.19. The standard InChI is InChI=1S/C30H39F3O8/c1-16-11-18-19-13-21(32)20-12-17(34)9-10-27(20,2)29(19,33)24(35)14-28(18,3)30(16,25(36)39-15-31)41-26(37)40-23-8-6-5-7-22(23)38-4/h9-10,16,18-19,22-24,35H,5-8,11-15H2,1-4H3/t16-,18+,19+,22+,23+,24+,27+,28+,29+,30+/m1/s1. The topological polar surface area (TPSA) is 108 Å². The predicted molar refractivity (Wildman–Crippen MR) is 138 cm³/mol. The van der Waals surface area contributed by atoms with Gasteiger partial charge in [0.1, 0.15) is 11.9 Å². The molecule has 10 atom stereocenters. The van der Waals surface area contributed by atoms with Crippen molar-refractivity contribution in [3.05, 3.63) is 23.6 Å². The molecule has 0 aromatic heterocycles. The zero-order valence-corrected chi connectivity index (χ0v) is 23.9. The van der Waals surface area contributed by atoms with E-state index in [2.05, 4.69) is 0 Å². The highest BCUT2D eigenvalue weighted by Gasteiger charge is 2.78. The van der Waals surface area contributed by atoms with Crippen LogP contribution in [0.3, 0.4) is 0 Å². The lowest BCUT2D eigenvalue weighted by atomic mass is 9.45. The second kappa shape index (κ2) is 10.4. The summed E-state index contributed by atoms with van der Waals surface area (Å²) in [5.74, 6) is -4.87. The second-order valence-corrected chi connectivity index (χ2v) is 12.9. The van der Waals surface area contributed by atoms with Gasteiger partial charge in [-0.05, 0) is 56.6 Å². The normalized spacial score (nSPS) is 45.4. The van der Waals surface area contributed by atoms with Gasteiger partial charge in [0, 0.05) is 42.6 Å². The van der Waals surface area contributed by atoms with Crippen LogP contribution in [0.1, 0.15) is 72.1 Å². The van der Waals surface area contributed by atoms with Crippen LogP contribution >= 0.6 is 0 Å². The smallest absolute Gasteiger partial charge is 0.431 e. The van der Waals surface area contributed by atoms with Crippen molar-refractivity contribution in [1.82, 2.24) is 0 Å². The number of hydrogen-bond donors (Lipinski definition) is 1. The largest absolute Gasteiger partial charge is 0.509 e. The maximum Gasteiger partial charge on any atom is 0.509 e. The second-order valence-electron chi connectivity index (χ2n) is 12.9. The number of rotatable bonds is 5. The number of carbonyl (C=O) groups excluding carboxylic acids is 3. The van der Waals surface area contributed by atoms with Crippen LogP contribution in [0.4, 0.5) is 18.0 Å². The van der Waals surface area contributed by atoms with Crippen molar-refractivity contribution in [1.29, 1.82) is 0 Å². The third kappa shape index (κ3) is 4.12. The highest BCUT2D eigenvalue weighted by molar-refractivity contribution is 5.93. The van der Waals surface area contributed by atoms with Crippen LogP contribution < -0.4 is 0 Å². The first-order valence-electron chi connectivity index (χ1n) is 14.4. The minimum absolute atomic E-state index is 0.0144. The van der Waals surface area contributed by atoms with Crippen LogP contribution in [0.2, 0.25) is 0 Å². The average Bonchev–Trinajstić information content (AvgIpc) is 3.14. The first-order valence-corrected chi connectivity index (χ1v) is 14.4. The van der Waals surface area contributed by atoms with Gasteiger partial charge in [0.2, 0.25) is 12.5 Å². The van der Waals surface area contributed by atoms with Crippen molar-refractivity contribution in [2.24, 2.45) is 28.6 Å². The van der Waals surface area contributed by atoms with Crippen LogP contribution in [-0.2, 0) is 28.5 Å². The van der Waals surface area contributed by atoms with Crippen molar-refractivity contribution in [3.63, 3.8) is 0 Å². The molecule has 0 amide bonds. The number of alkyl halides is 2. The van der Waals surface area contributed by atoms with Gasteiger partial charge in [-0.1, -0.05) is 26.3 Å². The molecule has 0 bridgehead atoms. The Balaban J connectivity index is 1.55. The van der Waals surface area contributed by atoms with Gasteiger partial charge in [0.15, 0.2) is 11.5 Å². The number of fused-ring (bicyclic) bond motifs is 5. The quantitative estimate of drug-likeness (QED) is 0.439. The number of ketones is 1. The van der Waals surface area contributed by atoms with Gasteiger partial charge < -0.3 is 24.1 Å². The van der Waals surface area contributed by atoms with Gasteiger partial charge in [-0.3, -0.25) is 4.79 Å². The highest BCUT2D eigenvalue weighted by atomic mass is 19.1. The molecule has 0 aromatic carbocycles. The molecule has 8 nitrogen and oxygen atoms in total. The number of carbonyl (C=O) groups is 3. The summed E-state index contributed by atoms with van der Waals surface area (Å²) in [6, 6.07) is 0. The predicted octanol–water partition coefficient (Wildman–Crippen LogP) is 5.22. The molecule has 0 spiro atoms. The fourth-order valence-electron chi connectivity index (χ4n) is 9.09. The highest BCUT2D eigenvalue weighted by Crippen LogP contribution is 2.71. The van der Waals surface area contributed by atoms with E-state index in [-0.39, 0.29) is 36.7 Å². The lowest BCUT2D eigenvalue weighted by Crippen LogP contribution is -2.70. The third-order valence-electron chi connectivity index (χ3n) is 11.1. The van der Waals surface area contributed by atoms with E-state index in [1.807, 2.05) is 0 Å². The summed E-state index contributed by atoms with van der Waals surface area (Å²) < 4.78 is 68.4. The molecule has 0 aromatic rings. The van der Waals surface area contributed by atoms with E-state index in [0.29, 0.717) is 12.8 Å². The number of aliphatic hydroxyl groups is 1. The van der Waals surface area contributed by atoms with E-state index in [1.54, 1.807) is 13.8 Å². The number of allylic oxidation sites excluding steroid dienone is 4. The minimum Gasteiger partial charge on any atom is -0.431 e. The Morgan fingerprint density at radius 3 is 2.49 bits per heavy atom. The molecule has 228 valence electrons. The van der Waals surface area contributed by atoms with Gasteiger partial charge in [0.25, 0.3) is 0 Å². The van der Waals surface area contributed by atoms with Gasteiger partial charge in [-0.25, -0.2) is 22.8 Å². The summed E-state index contributed by atoms with van der Waals surface area (Å²) in [5.41, 5.74) is -7.57. The van der Waals surface area contributed by atoms with Gasteiger partial charge in [0.05, 0.1) is 12.2 Å². The van der Waals surface area contributed by atoms with Crippen molar-refractivity contribution in [2.75, 3.05) is 14.0 Å². The summed E-state index contributed by atoms with van der Waals surface area (Å²) >= 11 is 0. The summed E-state index contributed by atoms with van der Waals surface area (Å²) in [7, 11) is 1.51. The molecule has 0 unspecified atom stereocenters. The van der Waals surface area contributed by atoms with E-state index in [1.165, 1.54) is 26.2 Å². The Labute approximate surface area is 237 Å². The van der Waals surface area contributed by atoms with Gasteiger partial charge >= 0.3 is 12.1 Å². The number of halogens is 3.